The van der Waals surface area contributed by atoms with Crippen LogP contribution in [0.4, 0.5) is 22.0 Å². The Balaban J connectivity index is 3.07. The molecule has 0 unspecified atom stereocenters. The maximum atomic E-state index is 12.1. The van der Waals surface area contributed by atoms with Gasteiger partial charge in [0.05, 0.1) is 0 Å². The van der Waals surface area contributed by atoms with Crippen LogP contribution < -0.4 is 0 Å². The van der Waals surface area contributed by atoms with Crippen LogP contribution >= 0.6 is 0 Å². The highest BCUT2D eigenvalue weighted by molar-refractivity contribution is 5.31. The third-order valence-electron chi connectivity index (χ3n) is 1.27. The molecular formula is C6H3F5. The molecule has 0 aromatic heterocycles. The van der Waals surface area contributed by atoms with Gasteiger partial charge in [0, 0.05) is 6.42 Å². The molecule has 0 aliphatic heterocycles. The van der Waals surface area contributed by atoms with Crippen LogP contribution in [-0.4, -0.2) is 6.17 Å². The van der Waals surface area contributed by atoms with E-state index in [1.165, 1.54) is 0 Å². The largest absolute Gasteiger partial charge is 0.239 e. The molecule has 5 heteroatoms. The lowest BCUT2D eigenvalue weighted by molar-refractivity contribution is 0.274. The minimum atomic E-state index is -2.39. The molecule has 0 saturated carbocycles. The maximum Gasteiger partial charge on any atom is 0.195 e. The van der Waals surface area contributed by atoms with E-state index in [1.807, 2.05) is 0 Å². The second kappa shape index (κ2) is 2.64. The molecule has 0 N–H and O–H groups in total. The van der Waals surface area contributed by atoms with Crippen molar-refractivity contribution in [2.24, 2.45) is 0 Å². The van der Waals surface area contributed by atoms with Gasteiger partial charge in [-0.3, -0.25) is 0 Å². The van der Waals surface area contributed by atoms with Gasteiger partial charge < -0.3 is 0 Å². The molecule has 0 radical (unpaired) electrons. The highest BCUT2D eigenvalue weighted by Crippen LogP contribution is 2.34. The van der Waals surface area contributed by atoms with Crippen molar-refractivity contribution in [1.82, 2.24) is 0 Å². The SMILES string of the molecule is FC1=C(F)C(F)=C(F)[C@@H](F)C1. The van der Waals surface area contributed by atoms with Crippen LogP contribution in [0.1, 0.15) is 6.42 Å². The van der Waals surface area contributed by atoms with Crippen LogP contribution in [0.15, 0.2) is 23.3 Å². The number of halogens is 5. The Bertz CT molecular complexity index is 239. The highest BCUT2D eigenvalue weighted by atomic mass is 19.2. The molecule has 0 saturated heterocycles. The molecular weight excluding hydrogens is 167 g/mol. The summed E-state index contributed by atoms with van der Waals surface area (Å²) in [6.07, 6.45) is -3.46. The third-order valence-corrected chi connectivity index (χ3v) is 1.27. The molecule has 0 aromatic rings. The van der Waals surface area contributed by atoms with Crippen LogP contribution in [0.2, 0.25) is 0 Å². The Morgan fingerprint density at radius 3 is 2.09 bits per heavy atom. The molecule has 1 aliphatic rings. The molecule has 0 spiro atoms. The zero-order chi connectivity index (χ0) is 8.59. The lowest BCUT2D eigenvalue weighted by Crippen LogP contribution is -2.09. The van der Waals surface area contributed by atoms with Crippen LogP contribution in [-0.2, 0) is 0 Å². The van der Waals surface area contributed by atoms with E-state index in [0.717, 1.165) is 0 Å². The summed E-state index contributed by atoms with van der Waals surface area (Å²) in [5.41, 5.74) is 0. The second-order valence-corrected chi connectivity index (χ2v) is 2.05. The van der Waals surface area contributed by atoms with Crippen molar-refractivity contribution in [1.29, 1.82) is 0 Å². The number of rotatable bonds is 0. The van der Waals surface area contributed by atoms with Crippen LogP contribution in [0.3, 0.4) is 0 Å². The summed E-state index contributed by atoms with van der Waals surface area (Å²) in [4.78, 5) is 0. The fourth-order valence-electron chi connectivity index (χ4n) is 0.698. The quantitative estimate of drug-likeness (QED) is 0.490. The molecule has 1 atom stereocenters. The van der Waals surface area contributed by atoms with Gasteiger partial charge in [-0.25, -0.2) is 22.0 Å². The summed E-state index contributed by atoms with van der Waals surface area (Å²) in [5.74, 6) is -7.46. The van der Waals surface area contributed by atoms with E-state index < -0.39 is 35.9 Å². The van der Waals surface area contributed by atoms with Crippen LogP contribution in [0.5, 0.6) is 0 Å². The van der Waals surface area contributed by atoms with Crippen molar-refractivity contribution >= 4 is 0 Å². The smallest absolute Gasteiger partial charge is 0.195 e. The Kier molecular flexibility index (Phi) is 1.97. The molecule has 0 bridgehead atoms. The van der Waals surface area contributed by atoms with E-state index in [1.54, 1.807) is 0 Å². The van der Waals surface area contributed by atoms with Gasteiger partial charge in [-0.15, -0.1) is 0 Å². The number of hydrogen-bond acceptors (Lipinski definition) is 0. The van der Waals surface area contributed by atoms with Crippen molar-refractivity contribution in [2.75, 3.05) is 0 Å². The van der Waals surface area contributed by atoms with E-state index in [-0.39, 0.29) is 0 Å². The van der Waals surface area contributed by atoms with Gasteiger partial charge in [0.2, 0.25) is 0 Å². The van der Waals surface area contributed by atoms with Gasteiger partial charge in [0.1, 0.15) is 5.83 Å². The second-order valence-electron chi connectivity index (χ2n) is 2.05. The van der Waals surface area contributed by atoms with Gasteiger partial charge in [-0.1, -0.05) is 0 Å². The van der Waals surface area contributed by atoms with Gasteiger partial charge in [0.15, 0.2) is 23.7 Å². The number of allylic oxidation sites excluding steroid dienone is 4. The Hall–Kier alpha value is -0.870. The van der Waals surface area contributed by atoms with Gasteiger partial charge in [0.25, 0.3) is 0 Å². The average molecular weight is 170 g/mol. The molecule has 0 fully saturated rings. The first-order valence-electron chi connectivity index (χ1n) is 2.77. The summed E-state index contributed by atoms with van der Waals surface area (Å²) in [6, 6.07) is 0. The monoisotopic (exact) mass is 170 g/mol. The maximum absolute atomic E-state index is 12.1. The van der Waals surface area contributed by atoms with Crippen molar-refractivity contribution in [3.05, 3.63) is 23.3 Å². The first kappa shape index (κ1) is 8.23. The standard InChI is InChI=1S/C6H3F5/c7-2-1-3(8)5(10)6(11)4(2)9/h2H,1H2/t2-/m0/s1. The van der Waals surface area contributed by atoms with Crippen molar-refractivity contribution in [3.63, 3.8) is 0 Å². The van der Waals surface area contributed by atoms with Gasteiger partial charge >= 0.3 is 0 Å². The minimum Gasteiger partial charge on any atom is -0.239 e. The first-order chi connectivity index (χ1) is 5.04. The normalized spacial score (nSPS) is 26.5. The molecule has 1 rings (SSSR count). The van der Waals surface area contributed by atoms with Crippen molar-refractivity contribution < 1.29 is 22.0 Å². The summed E-state index contributed by atoms with van der Waals surface area (Å²) >= 11 is 0. The molecule has 0 nitrogen and oxygen atoms in total. The molecule has 1 aliphatic carbocycles. The lowest BCUT2D eigenvalue weighted by Gasteiger charge is -2.10. The highest BCUT2D eigenvalue weighted by Gasteiger charge is 2.30. The summed E-state index contributed by atoms with van der Waals surface area (Å²) in [6.45, 7) is 0. The van der Waals surface area contributed by atoms with E-state index >= 15 is 0 Å². The van der Waals surface area contributed by atoms with E-state index in [4.69, 9.17) is 0 Å². The van der Waals surface area contributed by atoms with E-state index in [2.05, 4.69) is 0 Å². The lowest BCUT2D eigenvalue weighted by atomic mass is 10.1. The predicted octanol–water partition coefficient (Wildman–Crippen LogP) is 3.03. The fraction of sp³-hybridized carbons (Fsp3) is 0.333. The molecule has 11 heavy (non-hydrogen) atoms. The molecule has 0 amide bonds. The number of hydrogen-bond donors (Lipinski definition) is 0. The topological polar surface area (TPSA) is 0 Å². The summed E-state index contributed by atoms with van der Waals surface area (Å²) in [7, 11) is 0. The van der Waals surface area contributed by atoms with E-state index in [0.29, 0.717) is 0 Å². The summed E-state index contributed by atoms with van der Waals surface area (Å²) < 4.78 is 60.4. The van der Waals surface area contributed by atoms with Crippen molar-refractivity contribution in [2.45, 2.75) is 12.6 Å². The Labute approximate surface area is 59.0 Å². The average Bonchev–Trinajstić information content (AvgIpc) is 1.97. The number of alkyl halides is 1. The zero-order valence-corrected chi connectivity index (χ0v) is 5.17. The van der Waals surface area contributed by atoms with Gasteiger partial charge in [-0.2, -0.15) is 0 Å². The van der Waals surface area contributed by atoms with Gasteiger partial charge in [-0.05, 0) is 0 Å². The predicted molar refractivity (Wildman–Crippen MR) is 28.0 cm³/mol. The van der Waals surface area contributed by atoms with Crippen molar-refractivity contribution in [3.8, 4) is 0 Å². The van der Waals surface area contributed by atoms with Crippen LogP contribution in [0, 0.1) is 0 Å². The van der Waals surface area contributed by atoms with Crippen LogP contribution in [0.25, 0.3) is 0 Å². The zero-order valence-electron chi connectivity index (χ0n) is 5.17. The summed E-state index contributed by atoms with van der Waals surface area (Å²) in [5, 5.41) is 0. The Morgan fingerprint density at radius 2 is 1.55 bits per heavy atom. The Morgan fingerprint density at radius 1 is 1.00 bits per heavy atom. The molecule has 62 valence electrons. The van der Waals surface area contributed by atoms with E-state index in [9.17, 15) is 22.0 Å². The minimum absolute atomic E-state index is 1.06. The third kappa shape index (κ3) is 1.27. The fourth-order valence-corrected chi connectivity index (χ4v) is 0.698. The molecule has 0 aromatic carbocycles. The molecule has 0 heterocycles. The first-order valence-corrected chi connectivity index (χ1v) is 2.77.